The van der Waals surface area contributed by atoms with Crippen molar-refractivity contribution in [3.63, 3.8) is 0 Å². The van der Waals surface area contributed by atoms with Crippen LogP contribution in [-0.2, 0) is 0 Å². The van der Waals surface area contributed by atoms with Crippen molar-refractivity contribution in [2.45, 2.75) is 58.4 Å². The van der Waals surface area contributed by atoms with Crippen LogP contribution in [0.3, 0.4) is 0 Å². The Morgan fingerprint density at radius 1 is 1.00 bits per heavy atom. The third kappa shape index (κ3) is 2.68. The van der Waals surface area contributed by atoms with Crippen molar-refractivity contribution < 1.29 is 4.79 Å². The van der Waals surface area contributed by atoms with Crippen molar-refractivity contribution in [2.24, 2.45) is 5.92 Å². The average molecular weight is 323 g/mol. The second kappa shape index (κ2) is 6.15. The fraction of sp³-hybridized carbons (Fsp3) is 0.550. The Hall–Kier alpha value is -1.97. The van der Waals surface area contributed by atoms with Gasteiger partial charge in [0.15, 0.2) is 0 Å². The van der Waals surface area contributed by atoms with Crippen molar-refractivity contribution in [3.8, 4) is 0 Å². The van der Waals surface area contributed by atoms with Gasteiger partial charge >= 0.3 is 0 Å². The van der Waals surface area contributed by atoms with Crippen LogP contribution in [0.5, 0.6) is 0 Å². The van der Waals surface area contributed by atoms with E-state index in [1.807, 2.05) is 32.0 Å². The van der Waals surface area contributed by atoms with Gasteiger partial charge in [-0.15, -0.1) is 0 Å². The van der Waals surface area contributed by atoms with Crippen LogP contribution >= 0.6 is 0 Å². The molecule has 2 heterocycles. The summed E-state index contributed by atoms with van der Waals surface area (Å²) in [6.45, 7) is 4.84. The van der Waals surface area contributed by atoms with Crippen LogP contribution in [0.1, 0.15) is 60.3 Å². The van der Waals surface area contributed by atoms with Crippen molar-refractivity contribution in [1.29, 1.82) is 0 Å². The number of nitrogens with zero attached hydrogens (tertiary/aromatic N) is 3. The number of carbonyl (C=O) groups is 1. The zero-order valence-electron chi connectivity index (χ0n) is 14.6. The summed E-state index contributed by atoms with van der Waals surface area (Å²) in [5, 5.41) is 0. The predicted octanol–water partition coefficient (Wildman–Crippen LogP) is 4.04. The molecule has 1 saturated heterocycles. The number of aryl methyl sites for hydroxylation is 2. The molecule has 2 atom stereocenters. The highest BCUT2D eigenvalue weighted by Gasteiger charge is 2.36. The first-order chi connectivity index (χ1) is 11.6. The quantitative estimate of drug-likeness (QED) is 0.795. The van der Waals surface area contributed by atoms with Crippen LogP contribution in [0.15, 0.2) is 18.2 Å². The smallest absolute Gasteiger partial charge is 0.254 e. The Bertz CT molecular complexity index is 784. The van der Waals surface area contributed by atoms with E-state index in [0.717, 1.165) is 41.0 Å². The van der Waals surface area contributed by atoms with Gasteiger partial charge < -0.3 is 4.90 Å². The van der Waals surface area contributed by atoms with E-state index in [1.165, 1.54) is 32.1 Å². The van der Waals surface area contributed by atoms with Crippen molar-refractivity contribution in [1.82, 2.24) is 14.9 Å². The number of benzene rings is 1. The van der Waals surface area contributed by atoms with Crippen LogP contribution in [0.2, 0.25) is 0 Å². The molecule has 2 aliphatic rings. The molecule has 4 rings (SSSR count). The van der Waals surface area contributed by atoms with Gasteiger partial charge in [-0.2, -0.15) is 0 Å². The van der Waals surface area contributed by atoms with Gasteiger partial charge in [-0.3, -0.25) is 4.79 Å². The highest BCUT2D eigenvalue weighted by Crippen LogP contribution is 2.36. The van der Waals surface area contributed by atoms with Crippen LogP contribution in [0, 0.1) is 19.8 Å². The van der Waals surface area contributed by atoms with E-state index < -0.39 is 0 Å². The Morgan fingerprint density at radius 2 is 1.71 bits per heavy atom. The molecule has 4 nitrogen and oxygen atoms in total. The zero-order valence-corrected chi connectivity index (χ0v) is 14.6. The summed E-state index contributed by atoms with van der Waals surface area (Å²) in [7, 11) is 0. The third-order valence-electron chi connectivity index (χ3n) is 5.83. The second-order valence-corrected chi connectivity index (χ2v) is 7.35. The molecule has 1 amide bonds. The van der Waals surface area contributed by atoms with Gasteiger partial charge in [0, 0.05) is 18.2 Å². The topological polar surface area (TPSA) is 46.1 Å². The summed E-state index contributed by atoms with van der Waals surface area (Å²) >= 11 is 0. The van der Waals surface area contributed by atoms with Gasteiger partial charge in [0.1, 0.15) is 0 Å². The molecule has 2 aromatic rings. The molecule has 0 spiro atoms. The fourth-order valence-corrected chi connectivity index (χ4v) is 4.41. The molecule has 1 aliphatic heterocycles. The van der Waals surface area contributed by atoms with Crippen LogP contribution in [0.25, 0.3) is 11.0 Å². The molecule has 1 aliphatic carbocycles. The van der Waals surface area contributed by atoms with Gasteiger partial charge in [-0.25, -0.2) is 9.97 Å². The molecule has 1 saturated carbocycles. The SMILES string of the molecule is Cc1nc2ccc(C(=O)N3CCC[C@@H]4CCCC[C@H]43)cc2nc1C. The summed E-state index contributed by atoms with van der Waals surface area (Å²) in [5.74, 6) is 0.884. The second-order valence-electron chi connectivity index (χ2n) is 7.35. The molecule has 0 N–H and O–H groups in total. The number of aromatic nitrogens is 2. The maximum atomic E-state index is 13.1. The number of fused-ring (bicyclic) bond motifs is 2. The first-order valence-electron chi connectivity index (χ1n) is 9.19. The summed E-state index contributed by atoms with van der Waals surface area (Å²) < 4.78 is 0. The van der Waals surface area contributed by atoms with Gasteiger partial charge in [-0.05, 0) is 63.6 Å². The molecule has 126 valence electrons. The van der Waals surface area contributed by atoms with Crippen LogP contribution < -0.4 is 0 Å². The lowest BCUT2D eigenvalue weighted by Gasteiger charge is -2.44. The van der Waals surface area contributed by atoms with Crippen molar-refractivity contribution in [2.75, 3.05) is 6.54 Å². The van der Waals surface area contributed by atoms with Crippen molar-refractivity contribution in [3.05, 3.63) is 35.2 Å². The Kier molecular flexibility index (Phi) is 3.99. The molecule has 1 aromatic heterocycles. The van der Waals surface area contributed by atoms with E-state index in [9.17, 15) is 4.79 Å². The maximum Gasteiger partial charge on any atom is 0.254 e. The summed E-state index contributed by atoms with van der Waals surface area (Å²) in [5.41, 5.74) is 4.32. The average Bonchev–Trinajstić information content (AvgIpc) is 2.61. The van der Waals surface area contributed by atoms with Gasteiger partial charge in [0.05, 0.1) is 22.4 Å². The van der Waals surface area contributed by atoms with Gasteiger partial charge in [-0.1, -0.05) is 12.8 Å². The first-order valence-corrected chi connectivity index (χ1v) is 9.19. The number of likely N-dealkylation sites (tertiary alicyclic amines) is 1. The largest absolute Gasteiger partial charge is 0.335 e. The number of hydrogen-bond donors (Lipinski definition) is 0. The van der Waals surface area contributed by atoms with Crippen LogP contribution in [0.4, 0.5) is 0 Å². The summed E-state index contributed by atoms with van der Waals surface area (Å²) in [4.78, 5) is 24.4. The lowest BCUT2D eigenvalue weighted by molar-refractivity contribution is 0.0391. The van der Waals surface area contributed by atoms with Crippen LogP contribution in [-0.4, -0.2) is 33.4 Å². The van der Waals surface area contributed by atoms with Gasteiger partial charge in [0.2, 0.25) is 0 Å². The molecule has 2 fully saturated rings. The Labute approximate surface area is 143 Å². The Balaban J connectivity index is 1.66. The molecule has 0 unspecified atom stereocenters. The van der Waals surface area contributed by atoms with E-state index in [-0.39, 0.29) is 5.91 Å². The maximum absolute atomic E-state index is 13.1. The summed E-state index contributed by atoms with van der Waals surface area (Å²) in [6.07, 6.45) is 7.47. The number of hydrogen-bond acceptors (Lipinski definition) is 3. The molecular formula is C20H25N3O. The number of rotatable bonds is 1. The van der Waals surface area contributed by atoms with E-state index >= 15 is 0 Å². The van der Waals surface area contributed by atoms with E-state index in [1.54, 1.807) is 0 Å². The minimum atomic E-state index is 0.175. The lowest BCUT2D eigenvalue weighted by Crippen LogP contribution is -2.49. The van der Waals surface area contributed by atoms with Crippen molar-refractivity contribution >= 4 is 16.9 Å². The molecule has 0 radical (unpaired) electrons. The molecule has 0 bridgehead atoms. The molecular weight excluding hydrogens is 298 g/mol. The summed E-state index contributed by atoms with van der Waals surface area (Å²) in [6, 6.07) is 6.22. The standard InChI is InChI=1S/C20H25N3O/c1-13-14(2)22-18-12-16(9-10-17(18)21-13)20(24)23-11-5-7-15-6-3-4-8-19(15)23/h9-10,12,15,19H,3-8,11H2,1-2H3/t15-,19+/m0/s1. The fourth-order valence-electron chi connectivity index (χ4n) is 4.41. The van der Waals surface area contributed by atoms with Gasteiger partial charge in [0.25, 0.3) is 5.91 Å². The third-order valence-corrected chi connectivity index (χ3v) is 5.83. The number of carbonyl (C=O) groups excluding carboxylic acids is 1. The Morgan fingerprint density at radius 3 is 2.54 bits per heavy atom. The molecule has 4 heteroatoms. The zero-order chi connectivity index (χ0) is 16.7. The van der Waals surface area contributed by atoms with E-state index in [2.05, 4.69) is 14.9 Å². The van der Waals surface area contributed by atoms with E-state index in [4.69, 9.17) is 0 Å². The molecule has 1 aromatic carbocycles. The highest BCUT2D eigenvalue weighted by atomic mass is 16.2. The number of piperidine rings is 1. The minimum Gasteiger partial charge on any atom is -0.335 e. The monoisotopic (exact) mass is 323 g/mol. The number of amides is 1. The minimum absolute atomic E-state index is 0.175. The molecule has 24 heavy (non-hydrogen) atoms. The highest BCUT2D eigenvalue weighted by molar-refractivity contribution is 5.97. The first kappa shape index (κ1) is 15.6. The van der Waals surface area contributed by atoms with E-state index in [0.29, 0.717) is 12.0 Å². The predicted molar refractivity (Wildman–Crippen MR) is 95.0 cm³/mol. The lowest BCUT2D eigenvalue weighted by atomic mass is 9.78. The normalized spacial score (nSPS) is 24.0.